The van der Waals surface area contributed by atoms with Gasteiger partial charge in [-0.05, 0) is 30.0 Å². The fourth-order valence-electron chi connectivity index (χ4n) is 2.98. The number of nitrogens with one attached hydrogen (secondary N) is 1. The van der Waals surface area contributed by atoms with E-state index in [1.807, 2.05) is 12.1 Å². The van der Waals surface area contributed by atoms with Crippen molar-refractivity contribution in [2.24, 2.45) is 0 Å². The number of hydrogen-bond acceptors (Lipinski definition) is 2. The summed E-state index contributed by atoms with van der Waals surface area (Å²) in [4.78, 5) is 0. The van der Waals surface area contributed by atoms with Crippen LogP contribution in [0.4, 0.5) is 0 Å². The van der Waals surface area contributed by atoms with E-state index in [1.54, 1.807) is 0 Å². The Bertz CT molecular complexity index is 614. The summed E-state index contributed by atoms with van der Waals surface area (Å²) < 4.78 is 2.22. The lowest BCUT2D eigenvalue weighted by Crippen LogP contribution is -2.25. The van der Waals surface area contributed by atoms with Crippen LogP contribution in [0.2, 0.25) is 5.02 Å². The summed E-state index contributed by atoms with van der Waals surface area (Å²) in [6.07, 6.45) is 2.08. The fourth-order valence-corrected chi connectivity index (χ4v) is 3.11. The van der Waals surface area contributed by atoms with Crippen LogP contribution in [0.25, 0.3) is 0 Å². The minimum Gasteiger partial charge on any atom is -0.312 e. The zero-order chi connectivity index (χ0) is 14.8. The van der Waals surface area contributed by atoms with Crippen LogP contribution >= 0.6 is 11.6 Å². The number of nitrogens with zero attached hydrogens (tertiary/aromatic N) is 2. The molecule has 21 heavy (non-hydrogen) atoms. The van der Waals surface area contributed by atoms with Gasteiger partial charge in [-0.15, -0.1) is 0 Å². The van der Waals surface area contributed by atoms with E-state index in [0.717, 1.165) is 37.5 Å². The smallest absolute Gasteiger partial charge is 0.0697 e. The molecule has 1 aromatic heterocycles. The lowest BCUT2D eigenvalue weighted by Gasteiger charge is -2.16. The number of fused-ring (bicyclic) bond motifs is 1. The van der Waals surface area contributed by atoms with Crippen LogP contribution in [0.3, 0.4) is 0 Å². The van der Waals surface area contributed by atoms with Crippen LogP contribution < -0.4 is 5.32 Å². The van der Waals surface area contributed by atoms with E-state index in [0.29, 0.717) is 5.92 Å². The van der Waals surface area contributed by atoms with Gasteiger partial charge in [0.2, 0.25) is 0 Å². The van der Waals surface area contributed by atoms with Crippen molar-refractivity contribution in [1.82, 2.24) is 15.1 Å². The van der Waals surface area contributed by atoms with Crippen molar-refractivity contribution in [3.8, 4) is 0 Å². The third kappa shape index (κ3) is 3.14. The Balaban J connectivity index is 1.80. The average molecular weight is 304 g/mol. The van der Waals surface area contributed by atoms with Gasteiger partial charge in [-0.1, -0.05) is 37.6 Å². The highest BCUT2D eigenvalue weighted by Crippen LogP contribution is 2.24. The molecule has 0 bridgehead atoms. The van der Waals surface area contributed by atoms with Crippen molar-refractivity contribution in [3.05, 3.63) is 51.8 Å². The SMILES string of the molecule is CC(C)c1nn(CCc2ccc(Cl)cc2)c2c1CNCC2. The third-order valence-corrected chi connectivity index (χ3v) is 4.36. The molecule has 1 aliphatic rings. The molecule has 0 fully saturated rings. The van der Waals surface area contributed by atoms with E-state index in [9.17, 15) is 0 Å². The summed E-state index contributed by atoms with van der Waals surface area (Å²) in [6, 6.07) is 8.12. The van der Waals surface area contributed by atoms with Crippen molar-refractivity contribution >= 4 is 11.6 Å². The maximum Gasteiger partial charge on any atom is 0.0697 e. The van der Waals surface area contributed by atoms with Crippen LogP contribution in [-0.2, 0) is 25.9 Å². The van der Waals surface area contributed by atoms with Gasteiger partial charge in [0.25, 0.3) is 0 Å². The number of hydrogen-bond donors (Lipinski definition) is 1. The highest BCUT2D eigenvalue weighted by Gasteiger charge is 2.21. The van der Waals surface area contributed by atoms with Gasteiger partial charge in [0.15, 0.2) is 0 Å². The van der Waals surface area contributed by atoms with Crippen molar-refractivity contribution in [3.63, 3.8) is 0 Å². The van der Waals surface area contributed by atoms with Gasteiger partial charge in [0.05, 0.1) is 5.69 Å². The lowest BCUT2D eigenvalue weighted by molar-refractivity contribution is 0.549. The zero-order valence-electron chi connectivity index (χ0n) is 12.7. The van der Waals surface area contributed by atoms with Crippen molar-refractivity contribution < 1.29 is 0 Å². The quantitative estimate of drug-likeness (QED) is 0.936. The minimum atomic E-state index is 0.482. The largest absolute Gasteiger partial charge is 0.312 e. The molecule has 2 aromatic rings. The molecule has 3 rings (SSSR count). The first kappa shape index (κ1) is 14.6. The van der Waals surface area contributed by atoms with Crippen LogP contribution in [0.15, 0.2) is 24.3 Å². The Hall–Kier alpha value is -1.32. The first-order chi connectivity index (χ1) is 10.1. The van der Waals surface area contributed by atoms with E-state index in [1.165, 1.54) is 22.5 Å². The molecule has 0 spiro atoms. The maximum absolute atomic E-state index is 5.94. The molecule has 0 aliphatic carbocycles. The fraction of sp³-hybridized carbons (Fsp3) is 0.471. The molecule has 0 saturated carbocycles. The van der Waals surface area contributed by atoms with Gasteiger partial charge < -0.3 is 5.32 Å². The van der Waals surface area contributed by atoms with Crippen molar-refractivity contribution in [2.45, 2.75) is 45.7 Å². The Labute approximate surface area is 131 Å². The second-order valence-corrected chi connectivity index (χ2v) is 6.43. The molecule has 3 nitrogen and oxygen atoms in total. The summed E-state index contributed by atoms with van der Waals surface area (Å²) >= 11 is 5.94. The van der Waals surface area contributed by atoms with Crippen LogP contribution in [0.5, 0.6) is 0 Å². The lowest BCUT2D eigenvalue weighted by atomic mass is 10.0. The minimum absolute atomic E-state index is 0.482. The third-order valence-electron chi connectivity index (χ3n) is 4.11. The highest BCUT2D eigenvalue weighted by atomic mass is 35.5. The number of aromatic nitrogens is 2. The molecule has 0 saturated heterocycles. The monoisotopic (exact) mass is 303 g/mol. The van der Waals surface area contributed by atoms with E-state index in [-0.39, 0.29) is 0 Å². The van der Waals surface area contributed by atoms with Gasteiger partial charge in [-0.3, -0.25) is 4.68 Å². The second-order valence-electron chi connectivity index (χ2n) is 5.99. The molecule has 1 N–H and O–H groups in total. The molecular weight excluding hydrogens is 282 g/mol. The predicted molar refractivity (Wildman–Crippen MR) is 86.9 cm³/mol. The second kappa shape index (κ2) is 6.20. The first-order valence-corrected chi connectivity index (χ1v) is 8.06. The Kier molecular flexibility index (Phi) is 4.32. The molecule has 0 amide bonds. The molecule has 4 heteroatoms. The number of aryl methyl sites for hydroxylation is 2. The van der Waals surface area contributed by atoms with Gasteiger partial charge in [-0.2, -0.15) is 5.10 Å². The Morgan fingerprint density at radius 1 is 1.29 bits per heavy atom. The van der Waals surface area contributed by atoms with E-state index >= 15 is 0 Å². The van der Waals surface area contributed by atoms with Crippen LogP contribution in [0, 0.1) is 0 Å². The molecule has 1 aromatic carbocycles. The summed E-state index contributed by atoms with van der Waals surface area (Å²) in [7, 11) is 0. The van der Waals surface area contributed by atoms with E-state index < -0.39 is 0 Å². The Morgan fingerprint density at radius 2 is 2.05 bits per heavy atom. The van der Waals surface area contributed by atoms with Crippen LogP contribution in [-0.4, -0.2) is 16.3 Å². The van der Waals surface area contributed by atoms with Gasteiger partial charge in [-0.25, -0.2) is 0 Å². The van der Waals surface area contributed by atoms with Gasteiger partial charge in [0, 0.05) is 42.3 Å². The highest BCUT2D eigenvalue weighted by molar-refractivity contribution is 6.30. The van der Waals surface area contributed by atoms with Crippen molar-refractivity contribution in [1.29, 1.82) is 0 Å². The normalized spacial score (nSPS) is 14.5. The number of halogens is 1. The zero-order valence-corrected chi connectivity index (χ0v) is 13.5. The Morgan fingerprint density at radius 3 is 2.76 bits per heavy atom. The summed E-state index contributed by atoms with van der Waals surface area (Å²) in [5.41, 5.74) is 5.41. The molecular formula is C17H22ClN3. The number of rotatable bonds is 4. The molecule has 2 heterocycles. The first-order valence-electron chi connectivity index (χ1n) is 7.68. The average Bonchev–Trinajstić information content (AvgIpc) is 2.86. The van der Waals surface area contributed by atoms with Crippen molar-refractivity contribution in [2.75, 3.05) is 6.54 Å². The molecule has 0 radical (unpaired) electrons. The summed E-state index contributed by atoms with van der Waals surface area (Å²) in [5, 5.41) is 9.13. The molecule has 0 atom stereocenters. The van der Waals surface area contributed by atoms with Crippen LogP contribution in [0.1, 0.15) is 42.3 Å². The summed E-state index contributed by atoms with van der Waals surface area (Å²) in [5.74, 6) is 0.482. The summed E-state index contributed by atoms with van der Waals surface area (Å²) in [6.45, 7) is 7.40. The predicted octanol–water partition coefficient (Wildman–Crippen LogP) is 3.55. The molecule has 1 aliphatic heterocycles. The topological polar surface area (TPSA) is 29.9 Å². The van der Waals surface area contributed by atoms with E-state index in [2.05, 4.69) is 36.0 Å². The van der Waals surface area contributed by atoms with E-state index in [4.69, 9.17) is 16.7 Å². The van der Waals surface area contributed by atoms with Gasteiger partial charge >= 0.3 is 0 Å². The number of benzene rings is 1. The molecule has 0 unspecified atom stereocenters. The standard InChI is InChI=1S/C17H22ClN3/c1-12(2)17-15-11-19-9-7-16(15)21(20-17)10-8-13-3-5-14(18)6-4-13/h3-6,12,19H,7-11H2,1-2H3. The maximum atomic E-state index is 5.94. The van der Waals surface area contributed by atoms with Gasteiger partial charge in [0.1, 0.15) is 0 Å². The molecule has 112 valence electrons.